The minimum Gasteiger partial charge on any atom is -0.349 e. The molecule has 8 heteroatoms. The molecule has 22 heavy (non-hydrogen) atoms. The molecule has 0 radical (unpaired) electrons. The van der Waals surface area contributed by atoms with Crippen molar-refractivity contribution in [1.29, 1.82) is 0 Å². The fourth-order valence-corrected chi connectivity index (χ4v) is 3.89. The molecule has 0 fully saturated rings. The minimum absolute atomic E-state index is 0.00588. The van der Waals surface area contributed by atoms with Crippen molar-refractivity contribution in [2.24, 2.45) is 0 Å². The van der Waals surface area contributed by atoms with Crippen LogP contribution in [0.4, 0.5) is 0 Å². The van der Waals surface area contributed by atoms with Crippen LogP contribution in [-0.4, -0.2) is 21.3 Å². The largest absolute Gasteiger partial charge is 0.349 e. The van der Waals surface area contributed by atoms with Crippen molar-refractivity contribution in [2.45, 2.75) is 19.9 Å². The van der Waals surface area contributed by atoms with Gasteiger partial charge in [-0.25, -0.2) is 0 Å². The molecule has 0 aliphatic carbocycles. The molecule has 0 bridgehead atoms. The maximum absolute atomic E-state index is 12.3. The van der Waals surface area contributed by atoms with Gasteiger partial charge in [-0.2, -0.15) is 0 Å². The first kappa shape index (κ1) is 15.4. The van der Waals surface area contributed by atoms with E-state index >= 15 is 0 Å². The average molecular weight is 398 g/mol. The maximum atomic E-state index is 12.3. The predicted molar refractivity (Wildman–Crippen MR) is 94.5 cm³/mol. The molecule has 2 heterocycles. The SMILES string of the molecule is CC(C)NC(=O)c1sc(=S)n2c1[nH]c(=O)c1cc(Br)ccc12. The number of hydrogen-bond donors (Lipinski definition) is 2. The smallest absolute Gasteiger partial charge is 0.265 e. The molecule has 2 aromatic heterocycles. The minimum atomic E-state index is -0.248. The van der Waals surface area contributed by atoms with Crippen LogP contribution in [0.3, 0.4) is 0 Å². The number of rotatable bonds is 2. The van der Waals surface area contributed by atoms with Crippen molar-refractivity contribution < 1.29 is 4.79 Å². The lowest BCUT2D eigenvalue weighted by Crippen LogP contribution is -2.30. The fraction of sp³-hybridized carbons (Fsp3) is 0.214. The Morgan fingerprint density at radius 2 is 2.18 bits per heavy atom. The van der Waals surface area contributed by atoms with Crippen LogP contribution in [0, 0.1) is 3.95 Å². The molecule has 3 aromatic rings. The number of fused-ring (bicyclic) bond motifs is 3. The number of benzene rings is 1. The second-order valence-corrected chi connectivity index (χ2v) is 7.68. The lowest BCUT2D eigenvalue weighted by atomic mass is 10.2. The van der Waals surface area contributed by atoms with Crippen LogP contribution in [0.2, 0.25) is 0 Å². The van der Waals surface area contributed by atoms with Crippen LogP contribution in [-0.2, 0) is 0 Å². The van der Waals surface area contributed by atoms with E-state index in [9.17, 15) is 9.59 Å². The summed E-state index contributed by atoms with van der Waals surface area (Å²) in [4.78, 5) is 27.8. The van der Waals surface area contributed by atoms with E-state index in [1.165, 1.54) is 11.3 Å². The topological polar surface area (TPSA) is 66.4 Å². The van der Waals surface area contributed by atoms with Crippen LogP contribution >= 0.6 is 39.5 Å². The van der Waals surface area contributed by atoms with Crippen LogP contribution < -0.4 is 10.9 Å². The van der Waals surface area contributed by atoms with Gasteiger partial charge < -0.3 is 10.3 Å². The van der Waals surface area contributed by atoms with Crippen LogP contribution in [0.15, 0.2) is 27.5 Å². The first-order valence-corrected chi connectivity index (χ1v) is 8.58. The van der Waals surface area contributed by atoms with E-state index in [1.54, 1.807) is 10.5 Å². The van der Waals surface area contributed by atoms with Gasteiger partial charge in [0.1, 0.15) is 10.5 Å². The molecule has 1 amide bonds. The summed E-state index contributed by atoms with van der Waals surface area (Å²) in [5.41, 5.74) is 0.877. The van der Waals surface area contributed by atoms with E-state index in [0.717, 1.165) is 4.47 Å². The molecule has 0 atom stereocenters. The van der Waals surface area contributed by atoms with Gasteiger partial charge in [-0.1, -0.05) is 27.3 Å². The zero-order chi connectivity index (χ0) is 16.0. The maximum Gasteiger partial charge on any atom is 0.265 e. The van der Waals surface area contributed by atoms with Gasteiger partial charge in [0.05, 0.1) is 10.9 Å². The molecular weight excluding hydrogens is 386 g/mol. The van der Waals surface area contributed by atoms with E-state index in [2.05, 4.69) is 26.2 Å². The number of halogens is 1. The standard InChI is InChI=1S/C14H12BrN3O2S2/c1-6(2)16-13(20)10-11-17-12(19)8-5-7(15)3-4-9(8)18(11)14(21)22-10/h3-6H,1-2H3,(H,16,20)(H,17,19). The molecule has 0 unspecified atom stereocenters. The number of nitrogens with zero attached hydrogens (tertiary/aromatic N) is 1. The van der Waals surface area contributed by atoms with E-state index in [-0.39, 0.29) is 17.5 Å². The number of hydrogen-bond acceptors (Lipinski definition) is 4. The number of carbonyl (C=O) groups is 1. The molecule has 1 aromatic carbocycles. The zero-order valence-electron chi connectivity index (χ0n) is 11.8. The molecule has 0 aliphatic rings. The number of thiazole rings is 1. The third-order valence-corrected chi connectivity index (χ3v) is 4.98. The Balaban J connectivity index is 2.39. The molecule has 3 rings (SSSR count). The fourth-order valence-electron chi connectivity index (χ4n) is 2.25. The van der Waals surface area contributed by atoms with E-state index in [1.807, 2.05) is 26.0 Å². The van der Waals surface area contributed by atoms with E-state index in [0.29, 0.717) is 25.4 Å². The van der Waals surface area contributed by atoms with Crippen molar-refractivity contribution in [2.75, 3.05) is 0 Å². The third-order valence-electron chi connectivity index (χ3n) is 3.11. The summed E-state index contributed by atoms with van der Waals surface area (Å²) >= 11 is 9.92. The Kier molecular flexibility index (Phi) is 3.92. The molecule has 0 aliphatic heterocycles. The number of carbonyl (C=O) groups excluding carboxylic acids is 1. The molecule has 5 nitrogen and oxygen atoms in total. The first-order valence-electron chi connectivity index (χ1n) is 6.56. The van der Waals surface area contributed by atoms with Crippen molar-refractivity contribution in [3.63, 3.8) is 0 Å². The van der Waals surface area contributed by atoms with Gasteiger partial charge in [0.2, 0.25) is 0 Å². The highest BCUT2D eigenvalue weighted by Crippen LogP contribution is 2.24. The molecule has 2 N–H and O–H groups in total. The third kappa shape index (κ3) is 2.51. The van der Waals surface area contributed by atoms with E-state index < -0.39 is 0 Å². The van der Waals surface area contributed by atoms with Crippen molar-refractivity contribution >= 4 is 61.9 Å². The number of aromatic amines is 1. The predicted octanol–water partition coefficient (Wildman–Crippen LogP) is 3.47. The van der Waals surface area contributed by atoms with Gasteiger partial charge in [0.25, 0.3) is 11.5 Å². The van der Waals surface area contributed by atoms with Gasteiger partial charge in [-0.05, 0) is 44.3 Å². The Bertz CT molecular complexity index is 1020. The summed E-state index contributed by atoms with van der Waals surface area (Å²) in [6.45, 7) is 3.76. The Hall–Kier alpha value is -1.51. The second kappa shape index (κ2) is 5.60. The monoisotopic (exact) mass is 397 g/mol. The van der Waals surface area contributed by atoms with Crippen molar-refractivity contribution in [3.8, 4) is 0 Å². The molecular formula is C14H12BrN3O2S2. The molecule has 0 saturated carbocycles. The number of aromatic nitrogens is 2. The van der Waals surface area contributed by atoms with Gasteiger partial charge in [0, 0.05) is 10.5 Å². The van der Waals surface area contributed by atoms with E-state index in [4.69, 9.17) is 12.2 Å². The lowest BCUT2D eigenvalue weighted by molar-refractivity contribution is 0.0948. The number of H-pyrrole nitrogens is 1. The van der Waals surface area contributed by atoms with Crippen LogP contribution in [0.1, 0.15) is 23.5 Å². The quantitative estimate of drug-likeness (QED) is 0.650. The summed E-state index contributed by atoms with van der Waals surface area (Å²) in [5.74, 6) is -0.235. The highest BCUT2D eigenvalue weighted by atomic mass is 79.9. The zero-order valence-corrected chi connectivity index (χ0v) is 15.0. The Morgan fingerprint density at radius 3 is 2.86 bits per heavy atom. The summed E-state index contributed by atoms with van der Waals surface area (Å²) in [6, 6.07) is 5.40. The summed E-state index contributed by atoms with van der Waals surface area (Å²) in [5, 5.41) is 3.34. The van der Waals surface area contributed by atoms with Crippen LogP contribution in [0.5, 0.6) is 0 Å². The van der Waals surface area contributed by atoms with Gasteiger partial charge in [0.15, 0.2) is 3.95 Å². The second-order valence-electron chi connectivity index (χ2n) is 5.12. The lowest BCUT2D eigenvalue weighted by Gasteiger charge is -2.07. The molecule has 114 valence electrons. The number of nitrogens with one attached hydrogen (secondary N) is 2. The van der Waals surface area contributed by atoms with Gasteiger partial charge >= 0.3 is 0 Å². The molecule has 0 spiro atoms. The Morgan fingerprint density at radius 1 is 1.45 bits per heavy atom. The van der Waals surface area contributed by atoms with Crippen molar-refractivity contribution in [3.05, 3.63) is 41.9 Å². The highest BCUT2D eigenvalue weighted by molar-refractivity contribution is 9.10. The summed E-state index contributed by atoms with van der Waals surface area (Å²) in [6.07, 6.45) is 0. The Labute approximate surface area is 143 Å². The summed E-state index contributed by atoms with van der Waals surface area (Å²) < 4.78 is 3.06. The normalized spacial score (nSPS) is 11.5. The summed E-state index contributed by atoms with van der Waals surface area (Å²) in [7, 11) is 0. The molecule has 0 saturated heterocycles. The first-order chi connectivity index (χ1) is 10.4. The highest BCUT2D eigenvalue weighted by Gasteiger charge is 2.18. The number of amides is 1. The van der Waals surface area contributed by atoms with Crippen LogP contribution in [0.25, 0.3) is 16.6 Å². The average Bonchev–Trinajstić information content (AvgIpc) is 2.75. The van der Waals surface area contributed by atoms with Gasteiger partial charge in [-0.15, -0.1) is 0 Å². The van der Waals surface area contributed by atoms with Crippen molar-refractivity contribution in [1.82, 2.24) is 14.7 Å². The van der Waals surface area contributed by atoms with Gasteiger partial charge in [-0.3, -0.25) is 14.0 Å².